The van der Waals surface area contributed by atoms with Crippen LogP contribution in [0.4, 0.5) is 5.82 Å². The molecule has 2 aliphatic rings. The van der Waals surface area contributed by atoms with Crippen molar-refractivity contribution in [3.8, 4) is 0 Å². The van der Waals surface area contributed by atoms with Crippen molar-refractivity contribution in [3.05, 3.63) is 41.3 Å². The highest BCUT2D eigenvalue weighted by Gasteiger charge is 2.31. The van der Waals surface area contributed by atoms with E-state index in [-0.39, 0.29) is 5.91 Å². The summed E-state index contributed by atoms with van der Waals surface area (Å²) in [6, 6.07) is 5.11. The van der Waals surface area contributed by atoms with Gasteiger partial charge in [-0.3, -0.25) is 9.69 Å². The van der Waals surface area contributed by atoms with Gasteiger partial charge in [0.1, 0.15) is 11.5 Å². The first-order chi connectivity index (χ1) is 11.1. The molecule has 1 aliphatic heterocycles. The van der Waals surface area contributed by atoms with Crippen molar-refractivity contribution in [3.63, 3.8) is 0 Å². The summed E-state index contributed by atoms with van der Waals surface area (Å²) in [5, 5.41) is 18.6. The lowest BCUT2D eigenvalue weighted by Gasteiger charge is -2.29. The summed E-state index contributed by atoms with van der Waals surface area (Å²) in [6.07, 6.45) is 5.97. The molecule has 0 bridgehead atoms. The molecular formula is C16H18BN3O3. The normalized spacial score (nSPS) is 17.0. The van der Waals surface area contributed by atoms with Crippen LogP contribution in [-0.2, 0) is 19.4 Å². The lowest BCUT2D eigenvalue weighted by atomic mass is 9.81. The fraction of sp³-hybridized carbons (Fsp3) is 0.375. The molecule has 0 saturated heterocycles. The van der Waals surface area contributed by atoms with Crippen molar-refractivity contribution in [2.45, 2.75) is 32.2 Å². The van der Waals surface area contributed by atoms with E-state index in [0.717, 1.165) is 25.1 Å². The molecule has 0 fully saturated rings. The topological polar surface area (TPSA) is 78.6 Å². The standard InChI is InChI=1S/C16H18BN3O3/c21-16-14-9-11-3-1-2-4-13(11)19(14)7-8-20(16)15-10-12(17(22)23)5-6-18-15/h5-6,9-10,22-23H,1-4,7-8H2. The molecule has 2 N–H and O–H groups in total. The smallest absolute Gasteiger partial charge is 0.423 e. The number of hydrogen-bond acceptors (Lipinski definition) is 4. The Balaban J connectivity index is 1.70. The number of fused-ring (bicyclic) bond motifs is 3. The average Bonchev–Trinajstić information content (AvgIpc) is 2.95. The highest BCUT2D eigenvalue weighted by molar-refractivity contribution is 6.58. The maximum absolute atomic E-state index is 12.9. The van der Waals surface area contributed by atoms with Crippen molar-refractivity contribution in [1.82, 2.24) is 9.55 Å². The summed E-state index contributed by atoms with van der Waals surface area (Å²) in [7, 11) is -1.56. The summed E-state index contributed by atoms with van der Waals surface area (Å²) in [6.45, 7) is 1.30. The predicted molar refractivity (Wildman–Crippen MR) is 86.8 cm³/mol. The van der Waals surface area contributed by atoms with Gasteiger partial charge in [0, 0.05) is 25.0 Å². The minimum Gasteiger partial charge on any atom is -0.423 e. The molecule has 2 aromatic heterocycles. The van der Waals surface area contributed by atoms with Crippen LogP contribution in [-0.4, -0.2) is 39.2 Å². The first-order valence-corrected chi connectivity index (χ1v) is 8.00. The second kappa shape index (κ2) is 5.51. The monoisotopic (exact) mass is 311 g/mol. The second-order valence-corrected chi connectivity index (χ2v) is 6.14. The zero-order valence-electron chi connectivity index (χ0n) is 12.8. The molecule has 0 spiro atoms. The maximum atomic E-state index is 12.9. The van der Waals surface area contributed by atoms with Crippen LogP contribution in [0.25, 0.3) is 0 Å². The van der Waals surface area contributed by atoms with E-state index in [1.807, 2.05) is 6.07 Å². The van der Waals surface area contributed by atoms with Crippen molar-refractivity contribution in [2.75, 3.05) is 11.4 Å². The van der Waals surface area contributed by atoms with E-state index in [0.29, 0.717) is 17.8 Å². The van der Waals surface area contributed by atoms with Gasteiger partial charge in [-0.1, -0.05) is 0 Å². The molecule has 1 aliphatic carbocycles. The number of rotatable bonds is 2. The molecule has 0 aromatic carbocycles. The number of nitrogens with zero attached hydrogens (tertiary/aromatic N) is 3. The Kier molecular flexibility index (Phi) is 3.47. The lowest BCUT2D eigenvalue weighted by Crippen LogP contribution is -2.42. The van der Waals surface area contributed by atoms with Crippen LogP contribution in [0.1, 0.15) is 34.6 Å². The zero-order chi connectivity index (χ0) is 16.0. The molecule has 3 heterocycles. The number of carbonyl (C=O) groups excluding carboxylic acids is 1. The third kappa shape index (κ3) is 2.36. The first kappa shape index (κ1) is 14.5. The van der Waals surface area contributed by atoms with Crippen LogP contribution in [0.5, 0.6) is 0 Å². The highest BCUT2D eigenvalue weighted by atomic mass is 16.4. The number of aryl methyl sites for hydroxylation is 1. The Morgan fingerprint density at radius 3 is 2.78 bits per heavy atom. The molecule has 0 saturated carbocycles. The Hall–Kier alpha value is -2.12. The van der Waals surface area contributed by atoms with Crippen molar-refractivity contribution in [1.29, 1.82) is 0 Å². The number of hydrogen-bond donors (Lipinski definition) is 2. The van der Waals surface area contributed by atoms with Gasteiger partial charge >= 0.3 is 7.12 Å². The van der Waals surface area contributed by atoms with Gasteiger partial charge in [0.05, 0.1) is 0 Å². The molecular weight excluding hydrogens is 293 g/mol. The van der Waals surface area contributed by atoms with E-state index in [2.05, 4.69) is 9.55 Å². The minimum atomic E-state index is -1.56. The Morgan fingerprint density at radius 1 is 1.13 bits per heavy atom. The van der Waals surface area contributed by atoms with E-state index in [9.17, 15) is 14.8 Å². The second-order valence-electron chi connectivity index (χ2n) is 6.14. The summed E-state index contributed by atoms with van der Waals surface area (Å²) < 4.78 is 2.15. The quantitative estimate of drug-likeness (QED) is 0.771. The molecule has 2 aromatic rings. The fourth-order valence-corrected chi connectivity index (χ4v) is 3.60. The first-order valence-electron chi connectivity index (χ1n) is 8.00. The maximum Gasteiger partial charge on any atom is 0.488 e. The number of anilines is 1. The molecule has 0 radical (unpaired) electrons. The van der Waals surface area contributed by atoms with Gasteiger partial charge in [-0.05, 0) is 54.9 Å². The fourth-order valence-electron chi connectivity index (χ4n) is 3.60. The van der Waals surface area contributed by atoms with E-state index in [4.69, 9.17) is 0 Å². The summed E-state index contributed by atoms with van der Waals surface area (Å²) in [4.78, 5) is 18.7. The van der Waals surface area contributed by atoms with Crippen molar-refractivity contribution >= 4 is 24.3 Å². The van der Waals surface area contributed by atoms with E-state index >= 15 is 0 Å². The molecule has 1 amide bonds. The molecule has 23 heavy (non-hydrogen) atoms. The van der Waals surface area contributed by atoms with Crippen LogP contribution in [0.15, 0.2) is 24.4 Å². The molecule has 7 heteroatoms. The average molecular weight is 311 g/mol. The Morgan fingerprint density at radius 2 is 1.96 bits per heavy atom. The summed E-state index contributed by atoms with van der Waals surface area (Å²) in [5.74, 6) is 0.397. The van der Waals surface area contributed by atoms with Gasteiger partial charge in [0.25, 0.3) is 5.91 Å². The molecule has 6 nitrogen and oxygen atoms in total. The predicted octanol–water partition coefficient (Wildman–Crippen LogP) is 0.102. The van der Waals surface area contributed by atoms with Gasteiger partial charge < -0.3 is 14.6 Å². The van der Waals surface area contributed by atoms with Crippen LogP contribution >= 0.6 is 0 Å². The molecule has 118 valence electrons. The van der Waals surface area contributed by atoms with Gasteiger partial charge in [-0.15, -0.1) is 0 Å². The van der Waals surface area contributed by atoms with Gasteiger partial charge in [-0.2, -0.15) is 0 Å². The summed E-state index contributed by atoms with van der Waals surface area (Å²) >= 11 is 0. The van der Waals surface area contributed by atoms with E-state index in [1.165, 1.54) is 36.4 Å². The van der Waals surface area contributed by atoms with Gasteiger partial charge in [0.2, 0.25) is 0 Å². The minimum absolute atomic E-state index is 0.0669. The summed E-state index contributed by atoms with van der Waals surface area (Å²) in [5.41, 5.74) is 3.67. The van der Waals surface area contributed by atoms with Gasteiger partial charge in [-0.25, -0.2) is 4.98 Å². The Bertz CT molecular complexity index is 772. The van der Waals surface area contributed by atoms with E-state index in [1.54, 1.807) is 11.0 Å². The largest absolute Gasteiger partial charge is 0.488 e. The van der Waals surface area contributed by atoms with E-state index < -0.39 is 7.12 Å². The van der Waals surface area contributed by atoms with Crippen molar-refractivity contribution in [2.24, 2.45) is 0 Å². The highest BCUT2D eigenvalue weighted by Crippen LogP contribution is 2.29. The van der Waals surface area contributed by atoms with Crippen molar-refractivity contribution < 1.29 is 14.8 Å². The molecule has 0 unspecified atom stereocenters. The third-order valence-electron chi connectivity index (χ3n) is 4.76. The number of aromatic nitrogens is 2. The molecule has 4 rings (SSSR count). The van der Waals surface area contributed by atoms with Gasteiger partial charge in [0.15, 0.2) is 0 Å². The lowest BCUT2D eigenvalue weighted by molar-refractivity contribution is 0.0963. The zero-order valence-corrected chi connectivity index (χ0v) is 12.8. The number of amides is 1. The van der Waals surface area contributed by atoms with Crippen LogP contribution in [0.2, 0.25) is 0 Å². The SMILES string of the molecule is O=C1c2cc3c(n2CCN1c1cc(B(O)O)ccn1)CCCC3. The number of carbonyl (C=O) groups is 1. The number of pyridine rings is 1. The Labute approximate surface area is 134 Å². The van der Waals surface area contributed by atoms with Crippen LogP contribution in [0.3, 0.4) is 0 Å². The van der Waals surface area contributed by atoms with Crippen LogP contribution in [0, 0.1) is 0 Å². The third-order valence-corrected chi connectivity index (χ3v) is 4.76. The molecule has 0 atom stereocenters. The van der Waals surface area contributed by atoms with Crippen LogP contribution < -0.4 is 10.4 Å².